The number of nitrogens with zero attached hydrogens (tertiary/aromatic N) is 1. The summed E-state index contributed by atoms with van der Waals surface area (Å²) in [7, 11) is 0. The molecule has 0 radical (unpaired) electrons. The van der Waals surface area contributed by atoms with Gasteiger partial charge in [0, 0.05) is 16.4 Å². The first-order chi connectivity index (χ1) is 5.31. The Morgan fingerprint density at radius 3 is 2.33 bits per heavy atom. The van der Waals surface area contributed by atoms with Crippen LogP contribution in [0.2, 0.25) is 0 Å². The molecule has 0 saturated heterocycles. The van der Waals surface area contributed by atoms with Gasteiger partial charge < -0.3 is 0 Å². The molecule has 1 aliphatic heterocycles. The van der Waals surface area contributed by atoms with Crippen LogP contribution in [0.1, 0.15) is 13.8 Å². The molecular formula is C7H8F3NS. The Hall–Kier alpha value is -0.450. The van der Waals surface area contributed by atoms with Gasteiger partial charge in [-0.3, -0.25) is 4.99 Å². The molecule has 0 atom stereocenters. The van der Waals surface area contributed by atoms with Crippen molar-refractivity contribution < 1.29 is 13.2 Å². The van der Waals surface area contributed by atoms with E-state index in [-0.39, 0.29) is 4.75 Å². The zero-order valence-electron chi connectivity index (χ0n) is 6.64. The van der Waals surface area contributed by atoms with E-state index in [0.717, 1.165) is 17.2 Å². The minimum absolute atomic E-state index is 0.325. The minimum atomic E-state index is -4.32. The van der Waals surface area contributed by atoms with Crippen molar-refractivity contribution in [2.75, 3.05) is 0 Å². The summed E-state index contributed by atoms with van der Waals surface area (Å²) >= 11 is 1.12. The van der Waals surface area contributed by atoms with E-state index in [1.807, 2.05) is 13.8 Å². The Kier molecular flexibility index (Phi) is 2.25. The Morgan fingerprint density at radius 2 is 2.00 bits per heavy atom. The van der Waals surface area contributed by atoms with Gasteiger partial charge in [-0.15, -0.1) is 11.8 Å². The lowest BCUT2D eigenvalue weighted by atomic mass is 10.2. The highest BCUT2D eigenvalue weighted by atomic mass is 32.2. The molecule has 68 valence electrons. The average Bonchev–Trinajstić information content (AvgIpc) is 1.83. The number of allylic oxidation sites excluding steroid dienone is 1. The second-order valence-corrected chi connectivity index (χ2v) is 4.50. The average molecular weight is 195 g/mol. The van der Waals surface area contributed by atoms with Gasteiger partial charge in [0.15, 0.2) is 0 Å². The summed E-state index contributed by atoms with van der Waals surface area (Å²) in [5.74, 6) is 0. The van der Waals surface area contributed by atoms with Crippen LogP contribution in [-0.2, 0) is 0 Å². The van der Waals surface area contributed by atoms with E-state index in [9.17, 15) is 13.2 Å². The zero-order valence-corrected chi connectivity index (χ0v) is 7.46. The number of alkyl halides is 3. The lowest BCUT2D eigenvalue weighted by Crippen LogP contribution is -2.21. The van der Waals surface area contributed by atoms with Crippen LogP contribution >= 0.6 is 11.8 Å². The predicted molar refractivity (Wildman–Crippen MR) is 44.3 cm³/mol. The lowest BCUT2D eigenvalue weighted by molar-refractivity contribution is -0.0921. The number of aliphatic imine (C=N–C) groups is 1. The molecular weight excluding hydrogens is 187 g/mol. The molecule has 0 saturated carbocycles. The molecule has 0 bridgehead atoms. The van der Waals surface area contributed by atoms with Crippen LogP contribution in [0.3, 0.4) is 0 Å². The number of hydrogen-bond acceptors (Lipinski definition) is 2. The molecule has 1 rings (SSSR count). The van der Waals surface area contributed by atoms with Gasteiger partial charge in [-0.2, -0.15) is 13.2 Å². The van der Waals surface area contributed by atoms with Gasteiger partial charge in [-0.1, -0.05) is 0 Å². The highest BCUT2D eigenvalue weighted by molar-refractivity contribution is 8.04. The largest absolute Gasteiger partial charge is 0.433 e. The number of rotatable bonds is 0. The Labute approximate surface area is 72.7 Å². The van der Waals surface area contributed by atoms with Crippen molar-refractivity contribution >= 4 is 18.0 Å². The normalized spacial score (nSPS) is 22.2. The fraction of sp³-hybridized carbons (Fsp3) is 0.571. The Bertz CT molecular complexity index is 240. The summed E-state index contributed by atoms with van der Waals surface area (Å²) in [6, 6.07) is 0. The van der Waals surface area contributed by atoms with E-state index in [4.69, 9.17) is 0 Å². The molecule has 0 aromatic rings. The van der Waals surface area contributed by atoms with Gasteiger partial charge in [0.25, 0.3) is 0 Å². The minimum Gasteiger partial charge on any atom is -0.254 e. The van der Waals surface area contributed by atoms with Crippen molar-refractivity contribution in [3.8, 4) is 0 Å². The molecule has 0 amide bonds. The second-order valence-electron chi connectivity index (χ2n) is 2.98. The van der Waals surface area contributed by atoms with E-state index < -0.39 is 11.9 Å². The molecule has 1 heterocycles. The molecule has 0 N–H and O–H groups in total. The SMILES string of the molecule is CC1(C)C=NC(C(F)(F)F)=CS1. The zero-order chi connectivity index (χ0) is 9.41. The molecule has 12 heavy (non-hydrogen) atoms. The first-order valence-corrected chi connectivity index (χ1v) is 4.20. The molecule has 0 aromatic heterocycles. The summed E-state index contributed by atoms with van der Waals surface area (Å²) < 4.78 is 35.7. The van der Waals surface area contributed by atoms with Crippen LogP contribution in [0.4, 0.5) is 13.2 Å². The summed E-state index contributed by atoms with van der Waals surface area (Å²) in [5, 5.41) is 1.06. The van der Waals surface area contributed by atoms with Gasteiger partial charge in [-0.25, -0.2) is 0 Å². The maximum Gasteiger partial charge on any atom is 0.433 e. The van der Waals surface area contributed by atoms with Crippen molar-refractivity contribution in [3.05, 3.63) is 11.1 Å². The molecule has 1 aliphatic rings. The number of hydrogen-bond donors (Lipinski definition) is 0. The van der Waals surface area contributed by atoms with Crippen molar-refractivity contribution in [3.63, 3.8) is 0 Å². The maximum atomic E-state index is 12.0. The highest BCUT2D eigenvalue weighted by Gasteiger charge is 2.36. The molecule has 0 aromatic carbocycles. The van der Waals surface area contributed by atoms with Gasteiger partial charge in [0.05, 0.1) is 0 Å². The monoisotopic (exact) mass is 195 g/mol. The molecule has 5 heteroatoms. The molecule has 0 spiro atoms. The lowest BCUT2D eigenvalue weighted by Gasteiger charge is -2.21. The van der Waals surface area contributed by atoms with Gasteiger partial charge in [-0.05, 0) is 13.8 Å². The molecule has 0 unspecified atom stereocenters. The van der Waals surface area contributed by atoms with Crippen molar-refractivity contribution in [1.29, 1.82) is 0 Å². The Balaban J connectivity index is 2.78. The third-order valence-electron chi connectivity index (χ3n) is 1.28. The first-order valence-electron chi connectivity index (χ1n) is 3.32. The Morgan fingerprint density at radius 1 is 1.42 bits per heavy atom. The second kappa shape index (κ2) is 2.80. The maximum absolute atomic E-state index is 12.0. The van der Waals surface area contributed by atoms with E-state index >= 15 is 0 Å². The van der Waals surface area contributed by atoms with E-state index in [1.54, 1.807) is 0 Å². The van der Waals surface area contributed by atoms with Gasteiger partial charge >= 0.3 is 6.18 Å². The van der Waals surface area contributed by atoms with Crippen molar-refractivity contribution in [1.82, 2.24) is 0 Å². The fourth-order valence-electron chi connectivity index (χ4n) is 0.634. The van der Waals surface area contributed by atoms with Crippen molar-refractivity contribution in [2.45, 2.75) is 24.8 Å². The third-order valence-corrected chi connectivity index (χ3v) is 2.33. The van der Waals surface area contributed by atoms with Gasteiger partial charge in [0.2, 0.25) is 0 Å². The smallest absolute Gasteiger partial charge is 0.254 e. The molecule has 0 fully saturated rings. The third kappa shape index (κ3) is 2.27. The van der Waals surface area contributed by atoms with E-state index in [0.29, 0.717) is 0 Å². The summed E-state index contributed by atoms with van der Waals surface area (Å²) in [5.41, 5.74) is -0.813. The summed E-state index contributed by atoms with van der Waals surface area (Å²) in [4.78, 5) is 3.34. The molecule has 1 nitrogen and oxygen atoms in total. The molecule has 0 aliphatic carbocycles. The quantitative estimate of drug-likeness (QED) is 0.578. The van der Waals surface area contributed by atoms with Crippen LogP contribution in [-0.4, -0.2) is 17.1 Å². The standard InChI is InChI=1S/C7H8F3NS/c1-6(2)4-11-5(3-12-6)7(8,9)10/h3-4H,1-2H3. The van der Waals surface area contributed by atoms with E-state index in [1.165, 1.54) is 6.21 Å². The number of halogens is 3. The topological polar surface area (TPSA) is 12.4 Å². The van der Waals surface area contributed by atoms with Crippen LogP contribution in [0.5, 0.6) is 0 Å². The van der Waals surface area contributed by atoms with Gasteiger partial charge in [0.1, 0.15) is 5.70 Å². The summed E-state index contributed by atoms with van der Waals surface area (Å²) in [6.07, 6.45) is -3.00. The summed E-state index contributed by atoms with van der Waals surface area (Å²) in [6.45, 7) is 3.62. The predicted octanol–water partition coefficient (Wildman–Crippen LogP) is 2.99. The van der Waals surface area contributed by atoms with Crippen molar-refractivity contribution in [2.24, 2.45) is 4.99 Å². The number of thioether (sulfide) groups is 1. The van der Waals surface area contributed by atoms with Crippen LogP contribution < -0.4 is 0 Å². The van der Waals surface area contributed by atoms with Crippen LogP contribution in [0, 0.1) is 0 Å². The van der Waals surface area contributed by atoms with E-state index in [2.05, 4.69) is 4.99 Å². The first kappa shape index (κ1) is 9.64. The highest BCUT2D eigenvalue weighted by Crippen LogP contribution is 2.36. The van der Waals surface area contributed by atoms with Crippen LogP contribution in [0.25, 0.3) is 0 Å². The fourth-order valence-corrected chi connectivity index (χ4v) is 1.36. The van der Waals surface area contributed by atoms with Crippen LogP contribution in [0.15, 0.2) is 16.1 Å².